The van der Waals surface area contributed by atoms with Crippen LogP contribution in [-0.2, 0) is 26.2 Å². The van der Waals surface area contributed by atoms with Gasteiger partial charge in [-0.3, -0.25) is 0 Å². The van der Waals surface area contributed by atoms with E-state index < -0.39 is 31.0 Å². The van der Waals surface area contributed by atoms with Crippen molar-refractivity contribution >= 4 is 19.7 Å². The zero-order valence-corrected chi connectivity index (χ0v) is 16.9. The summed E-state index contributed by atoms with van der Waals surface area (Å²) in [7, 11) is -7.22. The average Bonchev–Trinajstić information content (AvgIpc) is 3.23. The molecule has 0 aromatic heterocycles. The van der Waals surface area contributed by atoms with Gasteiger partial charge in [0, 0.05) is 12.6 Å². The van der Waals surface area contributed by atoms with Crippen molar-refractivity contribution in [1.29, 1.82) is 0 Å². The molecule has 2 atom stereocenters. The second-order valence-corrected chi connectivity index (χ2v) is 11.5. The summed E-state index contributed by atoms with van der Waals surface area (Å²) >= 11 is 0. The van der Waals surface area contributed by atoms with E-state index in [0.717, 1.165) is 11.1 Å². The van der Waals surface area contributed by atoms with Crippen molar-refractivity contribution in [1.82, 2.24) is 5.32 Å². The van der Waals surface area contributed by atoms with Gasteiger partial charge in [0.1, 0.15) is 0 Å². The van der Waals surface area contributed by atoms with Crippen LogP contribution in [0.4, 0.5) is 0 Å². The molecule has 1 fully saturated rings. The number of benzene rings is 2. The quantitative estimate of drug-likeness (QED) is 0.777. The number of sulfone groups is 2. The van der Waals surface area contributed by atoms with Gasteiger partial charge in [-0.15, -0.1) is 0 Å². The van der Waals surface area contributed by atoms with Crippen molar-refractivity contribution < 1.29 is 26.3 Å². The van der Waals surface area contributed by atoms with Crippen LogP contribution in [0.5, 0.6) is 11.5 Å². The second-order valence-electron chi connectivity index (χ2n) is 7.15. The summed E-state index contributed by atoms with van der Waals surface area (Å²) in [5.74, 6) is 0.712. The maximum absolute atomic E-state index is 13.1. The first kappa shape index (κ1) is 19.2. The smallest absolute Gasteiger partial charge is 0.231 e. The monoisotopic (exact) mass is 423 g/mol. The number of hydrogen-bond acceptors (Lipinski definition) is 7. The summed E-state index contributed by atoms with van der Waals surface area (Å²) in [5, 5.41) is 2.11. The van der Waals surface area contributed by atoms with Crippen molar-refractivity contribution in [2.75, 3.05) is 18.3 Å². The van der Waals surface area contributed by atoms with Crippen molar-refractivity contribution in [2.45, 2.75) is 29.7 Å². The van der Waals surface area contributed by atoms with E-state index >= 15 is 0 Å². The SMILES string of the molecule is Cc1ccc(S(=O)(=O)[C@@H]2CS(=O)(=O)C[C@H]2NCc2ccc3c(c2)OCO3)cc1. The van der Waals surface area contributed by atoms with E-state index in [1.54, 1.807) is 18.2 Å². The highest BCUT2D eigenvalue weighted by atomic mass is 32.2. The molecule has 1 N–H and O–H groups in total. The first-order valence-electron chi connectivity index (χ1n) is 8.87. The lowest BCUT2D eigenvalue weighted by Gasteiger charge is -2.20. The average molecular weight is 424 g/mol. The first-order valence-corrected chi connectivity index (χ1v) is 12.2. The molecule has 9 heteroatoms. The highest BCUT2D eigenvalue weighted by Gasteiger charge is 2.45. The first-order chi connectivity index (χ1) is 13.2. The molecule has 0 amide bonds. The number of ether oxygens (including phenoxy) is 2. The Hall–Kier alpha value is -2.10. The standard InChI is InChI=1S/C19H21NO6S2/c1-13-2-5-15(6-3-13)28(23,24)19-11-27(21,22)10-16(19)20-9-14-4-7-17-18(8-14)26-12-25-17/h2-8,16,19-20H,9-12H2,1H3/t16-,19-/m1/s1. The molecule has 0 saturated carbocycles. The molecular formula is C19H21NO6S2. The molecule has 2 aromatic carbocycles. The number of hydrogen-bond donors (Lipinski definition) is 1. The summed E-state index contributed by atoms with van der Waals surface area (Å²) in [6.07, 6.45) is 0. The Labute approximate surface area is 164 Å². The van der Waals surface area contributed by atoms with Gasteiger partial charge in [-0.25, -0.2) is 16.8 Å². The molecule has 0 aliphatic carbocycles. The molecule has 2 heterocycles. The Bertz CT molecular complexity index is 1090. The molecule has 150 valence electrons. The fraction of sp³-hybridized carbons (Fsp3) is 0.368. The third kappa shape index (κ3) is 3.74. The summed E-state index contributed by atoms with van der Waals surface area (Å²) < 4.78 is 61.2. The highest BCUT2D eigenvalue weighted by molar-refractivity contribution is 7.96. The topological polar surface area (TPSA) is 98.8 Å². The van der Waals surface area contributed by atoms with Gasteiger partial charge in [-0.2, -0.15) is 0 Å². The van der Waals surface area contributed by atoms with Gasteiger partial charge in [0.05, 0.1) is 21.7 Å². The highest BCUT2D eigenvalue weighted by Crippen LogP contribution is 2.33. The second kappa shape index (κ2) is 7.06. The van der Waals surface area contributed by atoms with Crippen LogP contribution in [0.25, 0.3) is 0 Å². The van der Waals surface area contributed by atoms with Crippen LogP contribution < -0.4 is 14.8 Å². The summed E-state index contributed by atoms with van der Waals surface area (Å²) in [5.41, 5.74) is 1.80. The lowest BCUT2D eigenvalue weighted by atomic mass is 10.2. The number of nitrogens with one attached hydrogen (secondary N) is 1. The summed E-state index contributed by atoms with van der Waals surface area (Å²) in [6, 6.07) is 11.2. The minimum Gasteiger partial charge on any atom is -0.454 e. The minimum absolute atomic E-state index is 0.148. The van der Waals surface area contributed by atoms with E-state index in [1.807, 2.05) is 19.1 Å². The molecule has 0 radical (unpaired) electrons. The normalized spacial score (nSPS) is 23.0. The van der Waals surface area contributed by atoms with E-state index in [4.69, 9.17) is 9.47 Å². The fourth-order valence-electron chi connectivity index (χ4n) is 3.51. The van der Waals surface area contributed by atoms with Crippen LogP contribution in [0.2, 0.25) is 0 Å². The van der Waals surface area contributed by atoms with Crippen molar-refractivity contribution in [3.05, 3.63) is 53.6 Å². The molecule has 4 rings (SSSR count). The third-order valence-electron chi connectivity index (χ3n) is 5.05. The van der Waals surface area contributed by atoms with Gasteiger partial charge in [0.15, 0.2) is 31.2 Å². The maximum Gasteiger partial charge on any atom is 0.231 e. The molecule has 1 saturated heterocycles. The molecule has 2 aliphatic rings. The summed E-state index contributed by atoms with van der Waals surface area (Å²) in [4.78, 5) is 0.148. The van der Waals surface area contributed by atoms with E-state index in [0.29, 0.717) is 18.0 Å². The van der Waals surface area contributed by atoms with Gasteiger partial charge in [0.2, 0.25) is 6.79 Å². The molecule has 0 unspecified atom stereocenters. The molecule has 0 bridgehead atoms. The van der Waals surface area contributed by atoms with E-state index in [2.05, 4.69) is 5.32 Å². The van der Waals surface area contributed by atoms with E-state index in [9.17, 15) is 16.8 Å². The van der Waals surface area contributed by atoms with Gasteiger partial charge in [-0.1, -0.05) is 23.8 Å². The van der Waals surface area contributed by atoms with Crippen LogP contribution >= 0.6 is 0 Å². The maximum atomic E-state index is 13.1. The Morgan fingerprint density at radius 2 is 1.75 bits per heavy atom. The van der Waals surface area contributed by atoms with Gasteiger partial charge < -0.3 is 14.8 Å². The van der Waals surface area contributed by atoms with Crippen molar-refractivity contribution in [3.63, 3.8) is 0 Å². The van der Waals surface area contributed by atoms with Crippen LogP contribution in [0.15, 0.2) is 47.4 Å². The molecule has 7 nitrogen and oxygen atoms in total. The van der Waals surface area contributed by atoms with Gasteiger partial charge in [0.25, 0.3) is 0 Å². The van der Waals surface area contributed by atoms with Crippen molar-refractivity contribution in [3.8, 4) is 11.5 Å². The number of fused-ring (bicyclic) bond motifs is 1. The van der Waals surface area contributed by atoms with Gasteiger partial charge >= 0.3 is 0 Å². The van der Waals surface area contributed by atoms with Crippen LogP contribution in [0.1, 0.15) is 11.1 Å². The van der Waals surface area contributed by atoms with E-state index in [1.165, 1.54) is 12.1 Å². The van der Waals surface area contributed by atoms with Crippen LogP contribution in [0.3, 0.4) is 0 Å². The molecule has 2 aromatic rings. The lowest BCUT2D eigenvalue weighted by Crippen LogP contribution is -2.43. The molecule has 0 spiro atoms. The largest absolute Gasteiger partial charge is 0.454 e. The zero-order valence-electron chi connectivity index (χ0n) is 15.3. The van der Waals surface area contributed by atoms with Crippen molar-refractivity contribution in [2.24, 2.45) is 0 Å². The predicted octanol–water partition coefficient (Wildman–Crippen LogP) is 1.45. The minimum atomic E-state index is -3.78. The Kier molecular flexibility index (Phi) is 4.84. The van der Waals surface area contributed by atoms with Crippen LogP contribution in [0, 0.1) is 6.92 Å². The third-order valence-corrected chi connectivity index (χ3v) is 9.22. The lowest BCUT2D eigenvalue weighted by molar-refractivity contribution is 0.174. The Balaban J connectivity index is 1.55. The molecule has 28 heavy (non-hydrogen) atoms. The molecule has 2 aliphatic heterocycles. The number of rotatable bonds is 5. The summed E-state index contributed by atoms with van der Waals surface area (Å²) in [6.45, 7) is 2.37. The fourth-order valence-corrected chi connectivity index (χ4v) is 8.23. The Morgan fingerprint density at radius 3 is 2.50 bits per heavy atom. The van der Waals surface area contributed by atoms with E-state index in [-0.39, 0.29) is 23.2 Å². The van der Waals surface area contributed by atoms with Gasteiger partial charge in [-0.05, 0) is 36.8 Å². The zero-order chi connectivity index (χ0) is 19.9. The molecular weight excluding hydrogens is 402 g/mol. The van der Waals surface area contributed by atoms with Crippen LogP contribution in [-0.4, -0.2) is 46.4 Å². The predicted molar refractivity (Wildman–Crippen MR) is 104 cm³/mol. The Morgan fingerprint density at radius 1 is 1.04 bits per heavy atom. The number of aryl methyl sites for hydroxylation is 1.